The Bertz CT molecular complexity index is 428. The van der Waals surface area contributed by atoms with Crippen LogP contribution in [0.3, 0.4) is 0 Å². The summed E-state index contributed by atoms with van der Waals surface area (Å²) in [4.78, 5) is 0. The molecule has 0 saturated heterocycles. The highest BCUT2D eigenvalue weighted by Gasteiger charge is 2.38. The monoisotopic (exact) mass is 235 g/mol. The number of benzene rings is 1. The van der Waals surface area contributed by atoms with Crippen LogP contribution in [0.4, 0.5) is 4.39 Å². The molecule has 92 valence electrons. The Labute approximate surface area is 101 Å². The Hall–Kier alpha value is -1.09. The minimum absolute atomic E-state index is 0.110. The van der Waals surface area contributed by atoms with E-state index < -0.39 is 0 Å². The van der Waals surface area contributed by atoms with Gasteiger partial charge in [-0.15, -0.1) is 0 Å². The standard InChI is InChI=1S/C14H18FNO/c15-11-1-2-12-10(3-5-14(16)6-7-14)4-8-17-13(12)9-11/h1-2,9-10H,3-8,16H2. The number of fused-ring (bicyclic) bond motifs is 1. The SMILES string of the molecule is NC1(CCC2CCOc3cc(F)ccc32)CC1. The summed E-state index contributed by atoms with van der Waals surface area (Å²) in [5.41, 5.74) is 7.38. The lowest BCUT2D eigenvalue weighted by Gasteiger charge is -2.26. The molecule has 0 bridgehead atoms. The molecule has 2 aliphatic rings. The summed E-state index contributed by atoms with van der Waals surface area (Å²) in [5.74, 6) is 0.991. The van der Waals surface area contributed by atoms with Gasteiger partial charge in [-0.3, -0.25) is 0 Å². The number of rotatable bonds is 3. The molecule has 1 heterocycles. The first-order valence-electron chi connectivity index (χ1n) is 6.37. The number of hydrogen-bond donors (Lipinski definition) is 1. The van der Waals surface area contributed by atoms with Crippen molar-refractivity contribution in [2.45, 2.75) is 43.6 Å². The fourth-order valence-electron chi connectivity index (χ4n) is 2.61. The first kappa shape index (κ1) is 11.0. The summed E-state index contributed by atoms with van der Waals surface area (Å²) in [6.45, 7) is 0.693. The van der Waals surface area contributed by atoms with Crippen molar-refractivity contribution >= 4 is 0 Å². The van der Waals surface area contributed by atoms with Crippen LogP contribution in [0.5, 0.6) is 5.75 Å². The molecule has 1 aliphatic heterocycles. The molecule has 1 saturated carbocycles. The van der Waals surface area contributed by atoms with Crippen LogP contribution in [-0.4, -0.2) is 12.1 Å². The molecule has 1 aromatic carbocycles. The summed E-state index contributed by atoms with van der Waals surface area (Å²) in [7, 11) is 0. The quantitative estimate of drug-likeness (QED) is 0.874. The maximum absolute atomic E-state index is 13.1. The maximum atomic E-state index is 13.1. The summed E-state index contributed by atoms with van der Waals surface area (Å²) < 4.78 is 18.6. The van der Waals surface area contributed by atoms with Crippen molar-refractivity contribution < 1.29 is 9.13 Å². The Kier molecular flexibility index (Phi) is 2.58. The van der Waals surface area contributed by atoms with Gasteiger partial charge in [0.2, 0.25) is 0 Å². The normalized spacial score (nSPS) is 24.9. The van der Waals surface area contributed by atoms with Gasteiger partial charge in [0.15, 0.2) is 0 Å². The summed E-state index contributed by atoms with van der Waals surface area (Å²) in [6, 6.07) is 4.89. The van der Waals surface area contributed by atoms with E-state index in [1.165, 1.54) is 12.1 Å². The van der Waals surface area contributed by atoms with Crippen molar-refractivity contribution in [2.24, 2.45) is 5.73 Å². The van der Waals surface area contributed by atoms with E-state index in [0.717, 1.165) is 43.4 Å². The topological polar surface area (TPSA) is 35.2 Å². The highest BCUT2D eigenvalue weighted by molar-refractivity contribution is 5.38. The van der Waals surface area contributed by atoms with Gasteiger partial charge in [0.25, 0.3) is 0 Å². The Morgan fingerprint density at radius 2 is 2.24 bits per heavy atom. The van der Waals surface area contributed by atoms with Gasteiger partial charge in [-0.2, -0.15) is 0 Å². The summed E-state index contributed by atoms with van der Waals surface area (Å²) >= 11 is 0. The zero-order valence-electron chi connectivity index (χ0n) is 9.92. The van der Waals surface area contributed by atoms with Gasteiger partial charge in [0.1, 0.15) is 11.6 Å². The molecule has 1 unspecified atom stereocenters. The molecule has 1 aromatic rings. The van der Waals surface area contributed by atoms with Gasteiger partial charge < -0.3 is 10.5 Å². The maximum Gasteiger partial charge on any atom is 0.126 e. The van der Waals surface area contributed by atoms with Crippen molar-refractivity contribution in [1.82, 2.24) is 0 Å². The molecule has 2 nitrogen and oxygen atoms in total. The molecule has 0 spiro atoms. The second-order valence-electron chi connectivity index (χ2n) is 5.42. The van der Waals surface area contributed by atoms with Gasteiger partial charge >= 0.3 is 0 Å². The van der Waals surface area contributed by atoms with Crippen LogP contribution in [0, 0.1) is 5.82 Å². The molecule has 1 atom stereocenters. The molecule has 0 amide bonds. The molecule has 3 rings (SSSR count). The lowest BCUT2D eigenvalue weighted by Crippen LogP contribution is -2.23. The van der Waals surface area contributed by atoms with Crippen molar-refractivity contribution in [3.63, 3.8) is 0 Å². The van der Waals surface area contributed by atoms with Gasteiger partial charge in [0.05, 0.1) is 6.61 Å². The lowest BCUT2D eigenvalue weighted by molar-refractivity contribution is 0.258. The van der Waals surface area contributed by atoms with E-state index in [4.69, 9.17) is 10.5 Å². The number of hydrogen-bond acceptors (Lipinski definition) is 2. The first-order valence-corrected chi connectivity index (χ1v) is 6.37. The van der Waals surface area contributed by atoms with Crippen LogP contribution in [-0.2, 0) is 0 Å². The zero-order chi connectivity index (χ0) is 11.9. The highest BCUT2D eigenvalue weighted by Crippen LogP contribution is 2.42. The summed E-state index contributed by atoms with van der Waals surface area (Å²) in [6.07, 6.45) is 5.51. The van der Waals surface area contributed by atoms with E-state index in [1.54, 1.807) is 0 Å². The predicted molar refractivity (Wildman–Crippen MR) is 64.6 cm³/mol. The van der Waals surface area contributed by atoms with Crippen LogP contribution >= 0.6 is 0 Å². The summed E-state index contributed by atoms with van der Waals surface area (Å²) in [5, 5.41) is 0. The molecule has 1 fully saturated rings. The smallest absolute Gasteiger partial charge is 0.126 e. The van der Waals surface area contributed by atoms with Crippen LogP contribution in [0.15, 0.2) is 18.2 Å². The fourth-order valence-corrected chi connectivity index (χ4v) is 2.61. The molecule has 17 heavy (non-hydrogen) atoms. The van der Waals surface area contributed by atoms with E-state index in [2.05, 4.69) is 0 Å². The van der Waals surface area contributed by atoms with Gasteiger partial charge in [-0.25, -0.2) is 4.39 Å². The number of ether oxygens (including phenoxy) is 1. The number of nitrogens with two attached hydrogens (primary N) is 1. The second kappa shape index (κ2) is 3.98. The van der Waals surface area contributed by atoms with Crippen LogP contribution in [0.25, 0.3) is 0 Å². The molecule has 0 radical (unpaired) electrons. The molecule has 3 heteroatoms. The first-order chi connectivity index (χ1) is 8.16. The predicted octanol–water partition coefficient (Wildman–Crippen LogP) is 2.96. The van der Waals surface area contributed by atoms with Gasteiger partial charge in [-0.05, 0) is 49.7 Å². The van der Waals surface area contributed by atoms with Crippen LogP contribution in [0.2, 0.25) is 0 Å². The molecule has 1 aliphatic carbocycles. The molecule has 2 N–H and O–H groups in total. The van der Waals surface area contributed by atoms with Gasteiger partial charge in [-0.1, -0.05) is 6.07 Å². The third-order valence-electron chi connectivity index (χ3n) is 4.02. The van der Waals surface area contributed by atoms with E-state index >= 15 is 0 Å². The third kappa shape index (κ3) is 2.29. The van der Waals surface area contributed by atoms with E-state index in [-0.39, 0.29) is 11.4 Å². The third-order valence-corrected chi connectivity index (χ3v) is 4.02. The molecular weight excluding hydrogens is 217 g/mol. The van der Waals surface area contributed by atoms with Crippen LogP contribution < -0.4 is 10.5 Å². The Morgan fingerprint density at radius 1 is 1.41 bits per heavy atom. The van der Waals surface area contributed by atoms with E-state index in [1.807, 2.05) is 6.07 Å². The second-order valence-corrected chi connectivity index (χ2v) is 5.42. The van der Waals surface area contributed by atoms with E-state index in [9.17, 15) is 4.39 Å². The molecular formula is C14H18FNO. The highest BCUT2D eigenvalue weighted by atomic mass is 19.1. The average molecular weight is 235 g/mol. The fraction of sp³-hybridized carbons (Fsp3) is 0.571. The molecule has 0 aromatic heterocycles. The largest absolute Gasteiger partial charge is 0.493 e. The Morgan fingerprint density at radius 3 is 3.00 bits per heavy atom. The van der Waals surface area contributed by atoms with Crippen molar-refractivity contribution in [3.05, 3.63) is 29.6 Å². The van der Waals surface area contributed by atoms with Crippen molar-refractivity contribution in [1.29, 1.82) is 0 Å². The lowest BCUT2D eigenvalue weighted by atomic mass is 9.87. The van der Waals surface area contributed by atoms with Gasteiger partial charge in [0, 0.05) is 11.6 Å². The number of halogens is 1. The minimum Gasteiger partial charge on any atom is -0.493 e. The Balaban J connectivity index is 1.74. The minimum atomic E-state index is -0.220. The van der Waals surface area contributed by atoms with Crippen molar-refractivity contribution in [2.75, 3.05) is 6.61 Å². The van der Waals surface area contributed by atoms with E-state index in [0.29, 0.717) is 12.5 Å². The average Bonchev–Trinajstić information content (AvgIpc) is 3.05. The van der Waals surface area contributed by atoms with Crippen LogP contribution in [0.1, 0.15) is 43.6 Å². The zero-order valence-corrected chi connectivity index (χ0v) is 9.92. The van der Waals surface area contributed by atoms with Crippen molar-refractivity contribution in [3.8, 4) is 5.75 Å².